The van der Waals surface area contributed by atoms with E-state index in [1.807, 2.05) is 0 Å². The van der Waals surface area contributed by atoms with Gasteiger partial charge in [-0.25, -0.2) is 0 Å². The van der Waals surface area contributed by atoms with Crippen LogP contribution in [0.5, 0.6) is 11.6 Å². The lowest BCUT2D eigenvalue weighted by Crippen LogP contribution is -2.18. The number of aromatic nitrogens is 2. The molecule has 1 heterocycles. The molecule has 2 aromatic rings. The number of halogens is 4. The first kappa shape index (κ1) is 14.3. The number of benzene rings is 1. The van der Waals surface area contributed by atoms with E-state index in [4.69, 9.17) is 21.5 Å². The van der Waals surface area contributed by atoms with Gasteiger partial charge in [-0.2, -0.15) is 0 Å². The molecule has 1 N–H and O–H groups in total. The molecule has 0 atom stereocenters. The summed E-state index contributed by atoms with van der Waals surface area (Å²) in [7, 11) is 0. The van der Waals surface area contributed by atoms with Crippen LogP contribution in [0, 0.1) is 0 Å². The Balaban J connectivity index is 2.17. The zero-order valence-electron chi connectivity index (χ0n) is 9.76. The topological polar surface area (TPSA) is 56.5 Å². The van der Waals surface area contributed by atoms with E-state index in [9.17, 15) is 13.2 Å². The molecule has 0 aliphatic carbocycles. The standard InChI is InChI=1S/C11H8ClF3N2O3/c12-8-2-1-3-9(20-11(13,14)15)7(8)6-19-10-4-5-17(18)16-10/h1-5,18H,6H2. The van der Waals surface area contributed by atoms with Crippen molar-refractivity contribution in [2.24, 2.45) is 0 Å². The van der Waals surface area contributed by atoms with Gasteiger partial charge in [0.2, 0.25) is 5.88 Å². The summed E-state index contributed by atoms with van der Waals surface area (Å²) in [5.74, 6) is -0.418. The smallest absolute Gasteiger partial charge is 0.471 e. The molecule has 0 unspecified atom stereocenters. The van der Waals surface area contributed by atoms with E-state index in [1.165, 1.54) is 24.4 Å². The van der Waals surface area contributed by atoms with Gasteiger partial charge in [0.05, 0.1) is 16.8 Å². The third-order valence-corrected chi connectivity index (χ3v) is 2.57. The highest BCUT2D eigenvalue weighted by atomic mass is 35.5. The highest BCUT2D eigenvalue weighted by molar-refractivity contribution is 6.31. The third-order valence-electron chi connectivity index (χ3n) is 2.22. The number of ether oxygens (including phenoxy) is 2. The molecule has 0 radical (unpaired) electrons. The van der Waals surface area contributed by atoms with E-state index in [0.717, 1.165) is 6.07 Å². The Morgan fingerprint density at radius 3 is 2.65 bits per heavy atom. The van der Waals surface area contributed by atoms with Crippen LogP contribution in [0.4, 0.5) is 13.2 Å². The number of hydrogen-bond donors (Lipinski definition) is 1. The predicted molar refractivity (Wildman–Crippen MR) is 61.9 cm³/mol. The maximum Gasteiger partial charge on any atom is 0.573 e. The normalized spacial score (nSPS) is 11.4. The Morgan fingerprint density at radius 2 is 2.05 bits per heavy atom. The minimum absolute atomic E-state index is 0.0268. The van der Waals surface area contributed by atoms with E-state index < -0.39 is 12.1 Å². The first-order chi connectivity index (χ1) is 9.35. The summed E-state index contributed by atoms with van der Waals surface area (Å²) >= 11 is 5.83. The Kier molecular flexibility index (Phi) is 3.93. The second kappa shape index (κ2) is 5.49. The van der Waals surface area contributed by atoms with Crippen LogP contribution in [0.1, 0.15) is 5.56 Å². The van der Waals surface area contributed by atoms with Gasteiger partial charge in [0.25, 0.3) is 0 Å². The van der Waals surface area contributed by atoms with Gasteiger partial charge < -0.3 is 14.7 Å². The van der Waals surface area contributed by atoms with Crippen molar-refractivity contribution in [2.45, 2.75) is 13.0 Å². The average molecular weight is 309 g/mol. The number of hydrogen-bond acceptors (Lipinski definition) is 4. The predicted octanol–water partition coefficient (Wildman–Crippen LogP) is 3.25. The fourth-order valence-electron chi connectivity index (χ4n) is 1.42. The molecule has 0 fully saturated rings. The van der Waals surface area contributed by atoms with Gasteiger partial charge in [0, 0.05) is 6.07 Å². The van der Waals surface area contributed by atoms with Crippen molar-refractivity contribution in [1.82, 2.24) is 9.94 Å². The van der Waals surface area contributed by atoms with Gasteiger partial charge in [-0.3, -0.25) is 0 Å². The van der Waals surface area contributed by atoms with E-state index in [-0.39, 0.29) is 23.1 Å². The van der Waals surface area contributed by atoms with Crippen LogP contribution < -0.4 is 9.47 Å². The Hall–Kier alpha value is -2.09. The zero-order chi connectivity index (χ0) is 14.8. The van der Waals surface area contributed by atoms with E-state index in [2.05, 4.69) is 9.84 Å². The lowest BCUT2D eigenvalue weighted by molar-refractivity contribution is -0.275. The van der Waals surface area contributed by atoms with Crippen molar-refractivity contribution in [1.29, 1.82) is 0 Å². The van der Waals surface area contributed by atoms with Gasteiger partial charge in [-0.1, -0.05) is 22.8 Å². The summed E-state index contributed by atoms with van der Waals surface area (Å²) in [5, 5.41) is 12.5. The second-order valence-electron chi connectivity index (χ2n) is 3.63. The zero-order valence-corrected chi connectivity index (χ0v) is 10.5. The van der Waals surface area contributed by atoms with Crippen LogP contribution in [-0.4, -0.2) is 21.5 Å². The SMILES string of the molecule is On1ccc(OCc2c(Cl)cccc2OC(F)(F)F)n1. The minimum Gasteiger partial charge on any atom is -0.471 e. The van der Waals surface area contributed by atoms with Crippen molar-refractivity contribution in [3.8, 4) is 11.6 Å². The summed E-state index contributed by atoms with van der Waals surface area (Å²) in [5.41, 5.74) is 0.0268. The molecule has 0 saturated carbocycles. The molecular weight excluding hydrogens is 301 g/mol. The monoisotopic (exact) mass is 308 g/mol. The van der Waals surface area contributed by atoms with E-state index >= 15 is 0 Å². The molecular formula is C11H8ClF3N2O3. The fourth-order valence-corrected chi connectivity index (χ4v) is 1.64. The first-order valence-corrected chi connectivity index (χ1v) is 5.64. The van der Waals surface area contributed by atoms with Crippen LogP contribution in [0.3, 0.4) is 0 Å². The van der Waals surface area contributed by atoms with Crippen molar-refractivity contribution in [3.05, 3.63) is 41.0 Å². The maximum absolute atomic E-state index is 12.3. The van der Waals surface area contributed by atoms with Crippen LogP contribution in [0.25, 0.3) is 0 Å². The number of alkyl halides is 3. The van der Waals surface area contributed by atoms with Gasteiger partial charge in [0.1, 0.15) is 12.4 Å². The van der Waals surface area contributed by atoms with Crippen molar-refractivity contribution in [2.75, 3.05) is 0 Å². The lowest BCUT2D eigenvalue weighted by atomic mass is 10.2. The fraction of sp³-hybridized carbons (Fsp3) is 0.182. The van der Waals surface area contributed by atoms with Crippen LogP contribution >= 0.6 is 11.6 Å². The molecule has 2 rings (SSSR count). The molecule has 108 valence electrons. The average Bonchev–Trinajstić information content (AvgIpc) is 2.72. The molecule has 20 heavy (non-hydrogen) atoms. The molecule has 9 heteroatoms. The largest absolute Gasteiger partial charge is 0.573 e. The van der Waals surface area contributed by atoms with E-state index in [1.54, 1.807) is 0 Å². The molecule has 0 saturated heterocycles. The van der Waals surface area contributed by atoms with Crippen LogP contribution in [0.15, 0.2) is 30.5 Å². The molecule has 1 aromatic carbocycles. The molecule has 0 aliphatic rings. The quantitative estimate of drug-likeness (QED) is 0.881. The van der Waals surface area contributed by atoms with Gasteiger partial charge in [-0.15, -0.1) is 18.0 Å². The van der Waals surface area contributed by atoms with Crippen molar-refractivity contribution < 1.29 is 27.9 Å². The molecule has 1 aromatic heterocycles. The van der Waals surface area contributed by atoms with Crippen molar-refractivity contribution in [3.63, 3.8) is 0 Å². The van der Waals surface area contributed by atoms with Gasteiger partial charge >= 0.3 is 6.36 Å². The molecule has 5 nitrogen and oxygen atoms in total. The molecule has 0 bridgehead atoms. The minimum atomic E-state index is -4.83. The number of rotatable bonds is 4. The summed E-state index contributed by atoms with van der Waals surface area (Å²) in [6, 6.07) is 5.20. The highest BCUT2D eigenvalue weighted by Crippen LogP contribution is 2.31. The Bertz CT molecular complexity index is 601. The summed E-state index contributed by atoms with van der Waals surface area (Å²) in [4.78, 5) is 0.509. The molecule has 0 spiro atoms. The third kappa shape index (κ3) is 3.70. The lowest BCUT2D eigenvalue weighted by Gasteiger charge is -2.14. The summed E-state index contributed by atoms with van der Waals surface area (Å²) in [6.07, 6.45) is -3.62. The second-order valence-corrected chi connectivity index (χ2v) is 4.03. The number of nitrogens with zero attached hydrogens (tertiary/aromatic N) is 2. The highest BCUT2D eigenvalue weighted by Gasteiger charge is 2.32. The Morgan fingerprint density at radius 1 is 1.30 bits per heavy atom. The summed E-state index contributed by atoms with van der Waals surface area (Å²) in [6.45, 7) is -0.290. The first-order valence-electron chi connectivity index (χ1n) is 5.26. The van der Waals surface area contributed by atoms with Crippen molar-refractivity contribution >= 4 is 11.6 Å². The van der Waals surface area contributed by atoms with Gasteiger partial charge in [0.15, 0.2) is 0 Å². The van der Waals surface area contributed by atoms with Crippen LogP contribution in [0.2, 0.25) is 5.02 Å². The molecule has 0 amide bonds. The van der Waals surface area contributed by atoms with E-state index in [0.29, 0.717) is 4.85 Å². The van der Waals surface area contributed by atoms with Gasteiger partial charge in [-0.05, 0) is 12.1 Å². The molecule has 0 aliphatic heterocycles. The Labute approximate surface area is 116 Å². The maximum atomic E-state index is 12.3. The summed E-state index contributed by atoms with van der Waals surface area (Å²) < 4.78 is 45.8. The van der Waals surface area contributed by atoms with Crippen LogP contribution in [-0.2, 0) is 6.61 Å².